The van der Waals surface area contributed by atoms with E-state index in [2.05, 4.69) is 31.0 Å². The summed E-state index contributed by atoms with van der Waals surface area (Å²) >= 11 is 3.35. The van der Waals surface area contributed by atoms with Crippen LogP contribution in [0.5, 0.6) is 0 Å². The zero-order valence-corrected chi connectivity index (χ0v) is 15.9. The molecule has 7 heteroatoms. The molecule has 0 aromatic carbocycles. The van der Waals surface area contributed by atoms with Gasteiger partial charge in [-0.05, 0) is 67.0 Å². The van der Waals surface area contributed by atoms with Crippen LogP contribution in [0.15, 0.2) is 47.2 Å². The molecule has 0 aliphatic rings. The normalized spacial score (nSPS) is 10.7. The smallest absolute Gasteiger partial charge is 0.260 e. The lowest BCUT2D eigenvalue weighted by atomic mass is 10.2. The predicted octanol–water partition coefficient (Wildman–Crippen LogP) is 3.71. The second-order valence-corrected chi connectivity index (χ2v) is 6.54. The van der Waals surface area contributed by atoms with Gasteiger partial charge < -0.3 is 0 Å². The largest absolute Gasteiger partial charge is 0.293 e. The molecule has 1 amide bonds. The van der Waals surface area contributed by atoms with Gasteiger partial charge in [0.05, 0.1) is 11.3 Å². The number of amides is 1. The van der Waals surface area contributed by atoms with Crippen molar-refractivity contribution < 1.29 is 4.79 Å². The van der Waals surface area contributed by atoms with Crippen LogP contribution in [0.2, 0.25) is 0 Å². The summed E-state index contributed by atoms with van der Waals surface area (Å²) in [6, 6.07) is 9.22. The third-order valence-electron chi connectivity index (χ3n) is 3.77. The van der Waals surface area contributed by atoms with E-state index in [1.54, 1.807) is 34.1 Å². The summed E-state index contributed by atoms with van der Waals surface area (Å²) < 4.78 is 2.63. The molecule has 0 saturated carbocycles. The number of carbonyl (C=O) groups excluding carboxylic acids is 1. The Balaban J connectivity index is 1.86. The molecule has 6 nitrogen and oxygen atoms in total. The van der Waals surface area contributed by atoms with Gasteiger partial charge in [0.2, 0.25) is 0 Å². The summed E-state index contributed by atoms with van der Waals surface area (Å²) in [4.78, 5) is 23.1. The van der Waals surface area contributed by atoms with Crippen molar-refractivity contribution in [2.45, 2.75) is 20.8 Å². The van der Waals surface area contributed by atoms with Crippen molar-refractivity contribution in [2.75, 3.05) is 11.4 Å². The van der Waals surface area contributed by atoms with E-state index in [4.69, 9.17) is 0 Å². The molecular weight excluding hydrogens is 382 g/mol. The first-order chi connectivity index (χ1) is 12.0. The fourth-order valence-electron chi connectivity index (χ4n) is 2.59. The third kappa shape index (κ3) is 3.61. The molecule has 3 aromatic rings. The number of hydrogen-bond acceptors (Lipinski definition) is 4. The second kappa shape index (κ2) is 7.14. The number of hydrogen-bond donors (Lipinski definition) is 0. The van der Waals surface area contributed by atoms with Gasteiger partial charge in [-0.25, -0.2) is 14.6 Å². The van der Waals surface area contributed by atoms with Gasteiger partial charge in [0, 0.05) is 29.1 Å². The van der Waals surface area contributed by atoms with Crippen molar-refractivity contribution in [2.24, 2.45) is 0 Å². The summed E-state index contributed by atoms with van der Waals surface area (Å²) in [5.41, 5.74) is 2.44. The number of halogens is 1. The molecule has 0 aliphatic heterocycles. The molecule has 0 bridgehead atoms. The van der Waals surface area contributed by atoms with E-state index in [1.165, 1.54) is 0 Å². The Bertz CT molecular complexity index is 887. The Morgan fingerprint density at radius 2 is 1.96 bits per heavy atom. The summed E-state index contributed by atoms with van der Waals surface area (Å²) in [5.74, 6) is 1.16. The zero-order valence-electron chi connectivity index (χ0n) is 14.3. The molecular formula is C18H18BrN5O. The molecule has 0 N–H and O–H groups in total. The van der Waals surface area contributed by atoms with Gasteiger partial charge in [-0.3, -0.25) is 9.69 Å². The number of aromatic nitrogens is 4. The van der Waals surface area contributed by atoms with Gasteiger partial charge in [0.15, 0.2) is 5.82 Å². The minimum atomic E-state index is -0.134. The van der Waals surface area contributed by atoms with Crippen molar-refractivity contribution in [3.05, 3.63) is 64.1 Å². The van der Waals surface area contributed by atoms with Crippen LogP contribution < -0.4 is 4.90 Å². The molecule has 0 radical (unpaired) electrons. The molecule has 3 heterocycles. The molecule has 0 atom stereocenters. The van der Waals surface area contributed by atoms with Crippen LogP contribution in [0.3, 0.4) is 0 Å². The van der Waals surface area contributed by atoms with Gasteiger partial charge in [0.1, 0.15) is 5.82 Å². The molecule has 3 aromatic heterocycles. The number of aryl methyl sites for hydroxylation is 2. The van der Waals surface area contributed by atoms with Crippen molar-refractivity contribution in [1.29, 1.82) is 0 Å². The van der Waals surface area contributed by atoms with Crippen molar-refractivity contribution in [1.82, 2.24) is 19.7 Å². The lowest BCUT2D eigenvalue weighted by Gasteiger charge is -2.20. The van der Waals surface area contributed by atoms with E-state index in [0.29, 0.717) is 23.7 Å². The maximum atomic E-state index is 12.8. The fraction of sp³-hybridized carbons (Fsp3) is 0.222. The summed E-state index contributed by atoms with van der Waals surface area (Å²) in [5, 5.41) is 4.41. The number of rotatable bonds is 4. The average Bonchev–Trinajstić information content (AvgIpc) is 2.95. The first kappa shape index (κ1) is 17.3. The van der Waals surface area contributed by atoms with Gasteiger partial charge >= 0.3 is 0 Å². The number of pyridine rings is 2. The molecule has 0 aliphatic carbocycles. The molecule has 0 unspecified atom stereocenters. The van der Waals surface area contributed by atoms with E-state index in [9.17, 15) is 4.79 Å². The van der Waals surface area contributed by atoms with E-state index in [1.807, 2.05) is 39.0 Å². The maximum Gasteiger partial charge on any atom is 0.260 e. The SMILES string of the molecule is CCN(C(=O)c1ccc(-n2nc(C)cc2C)nc1)c1ccc(Br)cn1. The molecule has 25 heavy (non-hydrogen) atoms. The topological polar surface area (TPSA) is 63.9 Å². The van der Waals surface area contributed by atoms with Crippen LogP contribution >= 0.6 is 15.9 Å². The number of nitrogens with zero attached hydrogens (tertiary/aromatic N) is 5. The minimum absolute atomic E-state index is 0.134. The highest BCUT2D eigenvalue weighted by Gasteiger charge is 2.18. The van der Waals surface area contributed by atoms with E-state index in [0.717, 1.165) is 15.9 Å². The van der Waals surface area contributed by atoms with E-state index in [-0.39, 0.29) is 5.91 Å². The number of anilines is 1. The quantitative estimate of drug-likeness (QED) is 0.670. The average molecular weight is 400 g/mol. The fourth-order valence-corrected chi connectivity index (χ4v) is 2.83. The van der Waals surface area contributed by atoms with Crippen LogP contribution in [0.25, 0.3) is 5.82 Å². The van der Waals surface area contributed by atoms with Crippen LogP contribution in [0, 0.1) is 13.8 Å². The number of carbonyl (C=O) groups is 1. The minimum Gasteiger partial charge on any atom is -0.293 e. The molecule has 3 rings (SSSR count). The monoisotopic (exact) mass is 399 g/mol. The van der Waals surface area contributed by atoms with Crippen LogP contribution in [0.4, 0.5) is 5.82 Å². The van der Waals surface area contributed by atoms with Crippen LogP contribution in [-0.4, -0.2) is 32.2 Å². The Labute approximate surface area is 154 Å². The van der Waals surface area contributed by atoms with Crippen LogP contribution in [0.1, 0.15) is 28.7 Å². The third-order valence-corrected chi connectivity index (χ3v) is 4.24. The van der Waals surface area contributed by atoms with Crippen molar-refractivity contribution >= 4 is 27.7 Å². The standard InChI is InChI=1S/C18H18BrN5O/c1-4-23(16-8-6-15(19)11-21-16)18(25)14-5-7-17(20-10-14)24-13(3)9-12(2)22-24/h5-11H,4H2,1-3H3. The zero-order chi connectivity index (χ0) is 18.0. The Morgan fingerprint density at radius 3 is 2.48 bits per heavy atom. The highest BCUT2D eigenvalue weighted by Crippen LogP contribution is 2.18. The van der Waals surface area contributed by atoms with Crippen molar-refractivity contribution in [3.8, 4) is 5.82 Å². The summed E-state index contributed by atoms with van der Waals surface area (Å²) in [6.45, 7) is 6.34. The van der Waals surface area contributed by atoms with Gasteiger partial charge in [0.25, 0.3) is 5.91 Å². The Hall–Kier alpha value is -2.54. The van der Waals surface area contributed by atoms with E-state index >= 15 is 0 Å². The predicted molar refractivity (Wildman–Crippen MR) is 100 cm³/mol. The van der Waals surface area contributed by atoms with E-state index < -0.39 is 0 Å². The molecule has 0 fully saturated rings. The first-order valence-corrected chi connectivity index (χ1v) is 8.72. The van der Waals surface area contributed by atoms with Crippen LogP contribution in [-0.2, 0) is 0 Å². The highest BCUT2D eigenvalue weighted by atomic mass is 79.9. The Kier molecular flexibility index (Phi) is 4.94. The lowest BCUT2D eigenvalue weighted by Crippen LogP contribution is -2.31. The maximum absolute atomic E-state index is 12.8. The summed E-state index contributed by atoms with van der Waals surface area (Å²) in [6.07, 6.45) is 3.26. The first-order valence-electron chi connectivity index (χ1n) is 7.92. The van der Waals surface area contributed by atoms with Gasteiger partial charge in [-0.2, -0.15) is 5.10 Å². The van der Waals surface area contributed by atoms with Gasteiger partial charge in [-0.15, -0.1) is 0 Å². The molecule has 128 valence electrons. The summed E-state index contributed by atoms with van der Waals surface area (Å²) in [7, 11) is 0. The molecule has 0 saturated heterocycles. The lowest BCUT2D eigenvalue weighted by molar-refractivity contribution is 0.0987. The highest BCUT2D eigenvalue weighted by molar-refractivity contribution is 9.10. The second-order valence-electron chi connectivity index (χ2n) is 5.63. The van der Waals surface area contributed by atoms with Crippen molar-refractivity contribution in [3.63, 3.8) is 0 Å². The van der Waals surface area contributed by atoms with Gasteiger partial charge in [-0.1, -0.05) is 0 Å². The Morgan fingerprint density at radius 1 is 1.16 bits per heavy atom. The molecule has 0 spiro atoms.